The van der Waals surface area contributed by atoms with E-state index in [1.54, 1.807) is 12.1 Å². The second-order valence-corrected chi connectivity index (χ2v) is 5.89. The lowest BCUT2D eigenvalue weighted by Crippen LogP contribution is -2.31. The van der Waals surface area contributed by atoms with Gasteiger partial charge in [-0.25, -0.2) is 13.2 Å². The molecule has 2 aromatic carbocycles. The van der Waals surface area contributed by atoms with Crippen molar-refractivity contribution in [3.8, 4) is 0 Å². The predicted octanol–water partition coefficient (Wildman–Crippen LogP) is 3.91. The summed E-state index contributed by atoms with van der Waals surface area (Å²) in [4.78, 5) is 12.2. The molecular formula is C18H16F3NO. The first-order valence-electron chi connectivity index (χ1n) is 7.51. The van der Waals surface area contributed by atoms with Gasteiger partial charge in [0.1, 0.15) is 17.5 Å². The molecule has 0 heterocycles. The first-order chi connectivity index (χ1) is 11.0. The third kappa shape index (κ3) is 4.12. The number of rotatable bonds is 5. The Bertz CT molecular complexity index is 708. The van der Waals surface area contributed by atoms with Crippen LogP contribution in [0.1, 0.15) is 30.0 Å². The molecule has 0 spiro atoms. The fraction of sp³-hybridized carbons (Fsp3) is 0.278. The first-order valence-corrected chi connectivity index (χ1v) is 7.51. The van der Waals surface area contributed by atoms with Crippen LogP contribution >= 0.6 is 0 Å². The van der Waals surface area contributed by atoms with E-state index in [1.165, 1.54) is 12.1 Å². The Balaban J connectivity index is 1.71. The van der Waals surface area contributed by atoms with E-state index in [-0.39, 0.29) is 35.7 Å². The summed E-state index contributed by atoms with van der Waals surface area (Å²) in [5.41, 5.74) is 0.986. The Labute approximate surface area is 132 Å². The number of halogens is 3. The van der Waals surface area contributed by atoms with E-state index in [4.69, 9.17) is 0 Å². The molecule has 1 fully saturated rings. The summed E-state index contributed by atoms with van der Waals surface area (Å²) < 4.78 is 39.7. The zero-order valence-corrected chi connectivity index (χ0v) is 12.4. The van der Waals surface area contributed by atoms with E-state index in [9.17, 15) is 18.0 Å². The minimum atomic E-state index is -0.711. The molecule has 0 radical (unpaired) electrons. The van der Waals surface area contributed by atoms with Gasteiger partial charge in [-0.15, -0.1) is 0 Å². The number of hydrogen-bond donors (Lipinski definition) is 1. The van der Waals surface area contributed by atoms with Crippen molar-refractivity contribution in [1.29, 1.82) is 0 Å². The molecule has 0 unspecified atom stereocenters. The molecule has 0 bridgehead atoms. The molecule has 2 nitrogen and oxygen atoms in total. The summed E-state index contributed by atoms with van der Waals surface area (Å²) in [6.07, 6.45) is 1.82. The molecule has 1 atom stereocenters. The van der Waals surface area contributed by atoms with E-state index in [1.807, 2.05) is 0 Å². The number of benzene rings is 2. The minimum Gasteiger partial charge on any atom is -0.349 e. The Kier molecular flexibility index (Phi) is 4.37. The molecule has 3 rings (SSSR count). The van der Waals surface area contributed by atoms with Gasteiger partial charge in [0, 0.05) is 6.07 Å². The highest BCUT2D eigenvalue weighted by atomic mass is 19.1. The highest BCUT2D eigenvalue weighted by molar-refractivity contribution is 5.79. The van der Waals surface area contributed by atoms with Crippen LogP contribution in [-0.4, -0.2) is 5.91 Å². The van der Waals surface area contributed by atoms with Crippen LogP contribution in [0.4, 0.5) is 13.2 Å². The summed E-state index contributed by atoms with van der Waals surface area (Å²) >= 11 is 0. The maximum absolute atomic E-state index is 13.4. The zero-order valence-electron chi connectivity index (χ0n) is 12.4. The fourth-order valence-electron chi connectivity index (χ4n) is 2.73. The largest absolute Gasteiger partial charge is 0.349 e. The van der Waals surface area contributed by atoms with Crippen molar-refractivity contribution >= 4 is 5.91 Å². The highest BCUT2D eigenvalue weighted by Crippen LogP contribution is 2.41. The normalized spacial score (nSPS) is 15.3. The summed E-state index contributed by atoms with van der Waals surface area (Å²) in [6.45, 7) is 0. The van der Waals surface area contributed by atoms with Crippen molar-refractivity contribution in [2.75, 3.05) is 0 Å². The van der Waals surface area contributed by atoms with Gasteiger partial charge in [0.25, 0.3) is 0 Å². The van der Waals surface area contributed by atoms with Crippen molar-refractivity contribution in [2.24, 2.45) is 5.92 Å². The topological polar surface area (TPSA) is 29.1 Å². The van der Waals surface area contributed by atoms with Crippen LogP contribution in [0.25, 0.3) is 0 Å². The maximum Gasteiger partial charge on any atom is 0.224 e. The number of hydrogen-bond acceptors (Lipinski definition) is 1. The molecule has 0 aromatic heterocycles. The molecule has 0 aliphatic heterocycles. The first kappa shape index (κ1) is 15.6. The molecule has 0 saturated heterocycles. The lowest BCUT2D eigenvalue weighted by Gasteiger charge is -2.19. The number of carbonyl (C=O) groups excluding carboxylic acids is 1. The molecule has 1 amide bonds. The van der Waals surface area contributed by atoms with Crippen LogP contribution in [0.3, 0.4) is 0 Å². The van der Waals surface area contributed by atoms with Gasteiger partial charge in [0.2, 0.25) is 5.91 Å². The standard InChI is InChI=1S/C18H16F3NO/c19-14-3-1-2-13(9-14)18(12-4-5-12)22-17(23)8-11-6-15(20)10-16(21)7-11/h1-3,6-7,9-10,12,18H,4-5,8H2,(H,22,23)/t18-/m0/s1. The minimum absolute atomic E-state index is 0.118. The predicted molar refractivity (Wildman–Crippen MR) is 80.1 cm³/mol. The average Bonchev–Trinajstić information content (AvgIpc) is 3.28. The SMILES string of the molecule is O=C(Cc1cc(F)cc(F)c1)N[C@H](c1cccc(F)c1)C1CC1. The molecule has 1 aliphatic carbocycles. The zero-order chi connectivity index (χ0) is 16.4. The smallest absolute Gasteiger partial charge is 0.224 e. The van der Waals surface area contributed by atoms with Gasteiger partial charge in [0.05, 0.1) is 12.5 Å². The van der Waals surface area contributed by atoms with E-state index in [0.29, 0.717) is 5.56 Å². The fourth-order valence-corrected chi connectivity index (χ4v) is 2.73. The van der Waals surface area contributed by atoms with E-state index in [2.05, 4.69) is 5.32 Å². The van der Waals surface area contributed by atoms with Crippen LogP contribution < -0.4 is 5.32 Å². The van der Waals surface area contributed by atoms with E-state index < -0.39 is 11.6 Å². The van der Waals surface area contributed by atoms with Crippen molar-refractivity contribution in [2.45, 2.75) is 25.3 Å². The second kappa shape index (κ2) is 6.44. The lowest BCUT2D eigenvalue weighted by atomic mass is 10.0. The third-order valence-electron chi connectivity index (χ3n) is 3.90. The summed E-state index contributed by atoms with van der Waals surface area (Å²) in [6, 6.07) is 8.91. The summed E-state index contributed by atoms with van der Waals surface area (Å²) in [5, 5.41) is 2.86. The maximum atomic E-state index is 13.4. The number of nitrogens with one attached hydrogen (secondary N) is 1. The average molecular weight is 319 g/mol. The lowest BCUT2D eigenvalue weighted by molar-refractivity contribution is -0.121. The van der Waals surface area contributed by atoms with E-state index >= 15 is 0 Å². The van der Waals surface area contributed by atoms with Gasteiger partial charge < -0.3 is 5.32 Å². The van der Waals surface area contributed by atoms with Gasteiger partial charge in [-0.2, -0.15) is 0 Å². The Morgan fingerprint density at radius 3 is 2.35 bits per heavy atom. The number of carbonyl (C=O) groups is 1. The van der Waals surface area contributed by atoms with Crippen LogP contribution in [0, 0.1) is 23.4 Å². The molecule has 2 aromatic rings. The Morgan fingerprint density at radius 1 is 1.04 bits per heavy atom. The quantitative estimate of drug-likeness (QED) is 0.889. The molecule has 23 heavy (non-hydrogen) atoms. The molecule has 1 N–H and O–H groups in total. The van der Waals surface area contributed by atoms with Crippen LogP contribution in [0.2, 0.25) is 0 Å². The molecule has 120 valence electrons. The second-order valence-electron chi connectivity index (χ2n) is 5.89. The third-order valence-corrected chi connectivity index (χ3v) is 3.90. The summed E-state index contributed by atoms with van der Waals surface area (Å²) in [7, 11) is 0. The molecule has 1 aliphatic rings. The van der Waals surface area contributed by atoms with Gasteiger partial charge in [-0.05, 0) is 54.2 Å². The van der Waals surface area contributed by atoms with Gasteiger partial charge in [-0.1, -0.05) is 12.1 Å². The van der Waals surface area contributed by atoms with Crippen LogP contribution in [-0.2, 0) is 11.2 Å². The molecular weight excluding hydrogens is 303 g/mol. The van der Waals surface area contributed by atoms with Crippen molar-refractivity contribution in [3.63, 3.8) is 0 Å². The van der Waals surface area contributed by atoms with Crippen molar-refractivity contribution in [3.05, 3.63) is 71.0 Å². The van der Waals surface area contributed by atoms with Crippen LogP contribution in [0.15, 0.2) is 42.5 Å². The molecule has 1 saturated carbocycles. The van der Waals surface area contributed by atoms with Gasteiger partial charge >= 0.3 is 0 Å². The molecule has 5 heteroatoms. The Morgan fingerprint density at radius 2 is 1.74 bits per heavy atom. The van der Waals surface area contributed by atoms with Gasteiger partial charge in [-0.3, -0.25) is 4.79 Å². The Hall–Kier alpha value is -2.30. The van der Waals surface area contributed by atoms with Crippen molar-refractivity contribution < 1.29 is 18.0 Å². The van der Waals surface area contributed by atoms with Crippen molar-refractivity contribution in [1.82, 2.24) is 5.32 Å². The summed E-state index contributed by atoms with van der Waals surface area (Å²) in [5.74, 6) is -1.83. The van der Waals surface area contributed by atoms with E-state index in [0.717, 1.165) is 31.0 Å². The van der Waals surface area contributed by atoms with Gasteiger partial charge in [0.15, 0.2) is 0 Å². The monoisotopic (exact) mass is 319 g/mol. The van der Waals surface area contributed by atoms with Crippen LogP contribution in [0.5, 0.6) is 0 Å². The highest BCUT2D eigenvalue weighted by Gasteiger charge is 2.33. The number of amides is 1.